The number of nitrogens with zero attached hydrogens (tertiary/aromatic N) is 2. The monoisotopic (exact) mass is 415 g/mol. The molecule has 0 aromatic carbocycles. The molecule has 0 unspecified atom stereocenters. The fourth-order valence-electron chi connectivity index (χ4n) is 3.79. The number of nitrogens with one attached hydrogen (secondary N) is 1. The molecule has 162 valence electrons. The van der Waals surface area contributed by atoms with E-state index in [2.05, 4.69) is 10.3 Å². The van der Waals surface area contributed by atoms with Gasteiger partial charge in [-0.05, 0) is 65.5 Å². The number of pyridine rings is 2. The number of hydrogen-bond donors (Lipinski definition) is 1. The van der Waals surface area contributed by atoms with Crippen LogP contribution in [-0.2, 0) is 9.47 Å². The van der Waals surface area contributed by atoms with Crippen LogP contribution >= 0.6 is 0 Å². The zero-order valence-corrected chi connectivity index (χ0v) is 17.9. The van der Waals surface area contributed by atoms with Gasteiger partial charge in [-0.1, -0.05) is 0 Å². The molecule has 1 aliphatic rings. The molecular formula is C22H29N3O5. The molecule has 1 aliphatic carbocycles. The van der Waals surface area contributed by atoms with E-state index >= 15 is 0 Å². The van der Waals surface area contributed by atoms with Crippen molar-refractivity contribution < 1.29 is 19.1 Å². The van der Waals surface area contributed by atoms with Crippen LogP contribution in [0.15, 0.2) is 29.3 Å². The van der Waals surface area contributed by atoms with E-state index in [1.807, 2.05) is 25.3 Å². The van der Waals surface area contributed by atoms with Crippen LogP contribution < -0.4 is 10.7 Å². The van der Waals surface area contributed by atoms with E-state index in [4.69, 9.17) is 9.47 Å². The molecule has 2 aromatic rings. The molecule has 1 saturated carbocycles. The summed E-state index contributed by atoms with van der Waals surface area (Å²) in [6.45, 7) is 7.40. The highest BCUT2D eigenvalue weighted by Gasteiger charge is 2.27. The molecule has 0 saturated heterocycles. The summed E-state index contributed by atoms with van der Waals surface area (Å²) in [6.07, 6.45) is 5.87. The van der Waals surface area contributed by atoms with Crippen molar-refractivity contribution in [3.05, 3.63) is 40.3 Å². The number of esters is 1. The summed E-state index contributed by atoms with van der Waals surface area (Å²) in [4.78, 5) is 41.5. The Balaban J connectivity index is 1.81. The maximum Gasteiger partial charge on any atom is 0.407 e. The number of alkyl carbamates (subject to hydrolysis) is 1. The smallest absolute Gasteiger partial charge is 0.407 e. The zero-order chi connectivity index (χ0) is 21.9. The van der Waals surface area contributed by atoms with E-state index in [0.717, 1.165) is 25.7 Å². The van der Waals surface area contributed by atoms with Gasteiger partial charge in [-0.25, -0.2) is 14.6 Å². The van der Waals surface area contributed by atoms with Crippen molar-refractivity contribution in [2.75, 3.05) is 6.61 Å². The first-order valence-corrected chi connectivity index (χ1v) is 10.4. The first-order valence-electron chi connectivity index (χ1n) is 10.4. The van der Waals surface area contributed by atoms with Gasteiger partial charge in [0.05, 0.1) is 12.0 Å². The highest BCUT2D eigenvalue weighted by Crippen LogP contribution is 2.30. The molecule has 0 aliphatic heterocycles. The molecule has 3 rings (SSSR count). The Morgan fingerprint density at radius 2 is 1.93 bits per heavy atom. The summed E-state index contributed by atoms with van der Waals surface area (Å²) in [5.41, 5.74) is -0.329. The number of ether oxygens (including phenoxy) is 2. The predicted molar refractivity (Wildman–Crippen MR) is 113 cm³/mol. The van der Waals surface area contributed by atoms with Crippen LogP contribution in [0.3, 0.4) is 0 Å². The molecule has 8 nitrogen and oxygen atoms in total. The van der Waals surface area contributed by atoms with Gasteiger partial charge >= 0.3 is 12.1 Å². The number of rotatable bonds is 4. The van der Waals surface area contributed by atoms with Gasteiger partial charge in [0.25, 0.3) is 0 Å². The van der Waals surface area contributed by atoms with Crippen molar-refractivity contribution in [1.29, 1.82) is 0 Å². The highest BCUT2D eigenvalue weighted by atomic mass is 16.6. The molecule has 8 heteroatoms. The second-order valence-electron chi connectivity index (χ2n) is 8.53. The molecule has 0 atom stereocenters. The molecule has 0 bridgehead atoms. The molecule has 30 heavy (non-hydrogen) atoms. The third-order valence-electron chi connectivity index (χ3n) is 5.09. The van der Waals surface area contributed by atoms with E-state index in [1.54, 1.807) is 31.5 Å². The van der Waals surface area contributed by atoms with Crippen LogP contribution in [0.5, 0.6) is 0 Å². The van der Waals surface area contributed by atoms with Crippen molar-refractivity contribution in [1.82, 2.24) is 14.9 Å². The Kier molecular flexibility index (Phi) is 6.43. The van der Waals surface area contributed by atoms with Crippen molar-refractivity contribution in [2.24, 2.45) is 0 Å². The average Bonchev–Trinajstić information content (AvgIpc) is 2.68. The topological polar surface area (TPSA) is 99.5 Å². The molecule has 1 N–H and O–H groups in total. The van der Waals surface area contributed by atoms with E-state index in [1.165, 1.54) is 0 Å². The number of amides is 1. The van der Waals surface area contributed by atoms with Gasteiger partial charge in [0, 0.05) is 24.5 Å². The fourth-order valence-corrected chi connectivity index (χ4v) is 3.79. The SMILES string of the molecule is CCOC(=O)c1cn([C@H]2CC[C@H](NC(=O)OC(C)(C)C)CC2)c2ncccc2c1=O. The predicted octanol–water partition coefficient (Wildman–Crippen LogP) is 3.58. The molecule has 1 fully saturated rings. The molecule has 2 aromatic heterocycles. The molecular weight excluding hydrogens is 386 g/mol. The van der Waals surface area contributed by atoms with Crippen LogP contribution in [-0.4, -0.2) is 39.9 Å². The average molecular weight is 415 g/mol. The van der Waals surface area contributed by atoms with Crippen LogP contribution in [0.2, 0.25) is 0 Å². The summed E-state index contributed by atoms with van der Waals surface area (Å²) in [5.74, 6) is -0.623. The Morgan fingerprint density at radius 3 is 2.57 bits per heavy atom. The normalized spacial score (nSPS) is 19.3. The maximum atomic E-state index is 12.8. The highest BCUT2D eigenvalue weighted by molar-refractivity contribution is 5.93. The Bertz CT molecular complexity index is 984. The third kappa shape index (κ3) is 4.98. The fraction of sp³-hybridized carbons (Fsp3) is 0.545. The molecule has 0 radical (unpaired) electrons. The number of aromatic nitrogens is 2. The van der Waals surface area contributed by atoms with Gasteiger partial charge in [-0.15, -0.1) is 0 Å². The van der Waals surface area contributed by atoms with Crippen molar-refractivity contribution in [2.45, 2.75) is 71.1 Å². The van der Waals surface area contributed by atoms with Gasteiger partial charge in [-0.3, -0.25) is 4.79 Å². The molecule has 0 spiro atoms. The van der Waals surface area contributed by atoms with E-state index in [-0.39, 0.29) is 29.7 Å². The molecule has 2 heterocycles. The summed E-state index contributed by atoms with van der Waals surface area (Å²) >= 11 is 0. The summed E-state index contributed by atoms with van der Waals surface area (Å²) in [6, 6.07) is 3.46. The maximum absolute atomic E-state index is 12.8. The number of carbonyl (C=O) groups excluding carboxylic acids is 2. The third-order valence-corrected chi connectivity index (χ3v) is 5.09. The van der Waals surface area contributed by atoms with Gasteiger partial charge in [-0.2, -0.15) is 0 Å². The Hall–Kier alpha value is -2.90. The Labute approximate surface area is 175 Å². The lowest BCUT2D eigenvalue weighted by Crippen LogP contribution is -2.41. The van der Waals surface area contributed by atoms with Gasteiger partial charge in [0.15, 0.2) is 0 Å². The van der Waals surface area contributed by atoms with Crippen molar-refractivity contribution >= 4 is 23.1 Å². The number of hydrogen-bond acceptors (Lipinski definition) is 6. The summed E-state index contributed by atoms with van der Waals surface area (Å²) in [5, 5.41) is 3.33. The lowest BCUT2D eigenvalue weighted by molar-refractivity contribution is 0.0483. The van der Waals surface area contributed by atoms with Gasteiger partial charge in [0.1, 0.15) is 16.8 Å². The summed E-state index contributed by atoms with van der Waals surface area (Å²) < 4.78 is 12.3. The second kappa shape index (κ2) is 8.85. The minimum Gasteiger partial charge on any atom is -0.462 e. The van der Waals surface area contributed by atoms with E-state index in [9.17, 15) is 14.4 Å². The van der Waals surface area contributed by atoms with Crippen molar-refractivity contribution in [3.8, 4) is 0 Å². The van der Waals surface area contributed by atoms with Crippen LogP contribution in [0.4, 0.5) is 4.79 Å². The van der Waals surface area contributed by atoms with Crippen LogP contribution in [0.1, 0.15) is 69.8 Å². The summed E-state index contributed by atoms with van der Waals surface area (Å²) in [7, 11) is 0. The first-order chi connectivity index (χ1) is 14.2. The van der Waals surface area contributed by atoms with Gasteiger partial charge in [0.2, 0.25) is 5.43 Å². The lowest BCUT2D eigenvalue weighted by Gasteiger charge is -2.32. The van der Waals surface area contributed by atoms with Crippen molar-refractivity contribution in [3.63, 3.8) is 0 Å². The van der Waals surface area contributed by atoms with Crippen LogP contribution in [0, 0.1) is 0 Å². The van der Waals surface area contributed by atoms with E-state index < -0.39 is 17.7 Å². The molecule has 1 amide bonds. The number of carbonyl (C=O) groups is 2. The zero-order valence-electron chi connectivity index (χ0n) is 17.9. The standard InChI is InChI=1S/C22H29N3O5/c1-5-29-20(27)17-13-25(19-16(18(17)26)7-6-12-23-19)15-10-8-14(9-11-15)24-21(28)30-22(2,3)4/h6-7,12-15H,5,8-11H2,1-4H3,(H,24,28)/t14-,15-. The minimum atomic E-state index is -0.623. The number of fused-ring (bicyclic) bond motifs is 1. The second-order valence-corrected chi connectivity index (χ2v) is 8.53. The quantitative estimate of drug-likeness (QED) is 0.766. The minimum absolute atomic E-state index is 0.0198. The van der Waals surface area contributed by atoms with Crippen LogP contribution in [0.25, 0.3) is 11.0 Å². The lowest BCUT2D eigenvalue weighted by atomic mass is 9.90. The first kappa shape index (κ1) is 21.8. The van der Waals surface area contributed by atoms with Gasteiger partial charge < -0.3 is 19.4 Å². The van der Waals surface area contributed by atoms with E-state index in [0.29, 0.717) is 11.0 Å². The largest absolute Gasteiger partial charge is 0.462 e. The Morgan fingerprint density at radius 1 is 1.23 bits per heavy atom.